The Morgan fingerprint density at radius 2 is 2.25 bits per heavy atom. The maximum atomic E-state index is 11.5. The van der Waals surface area contributed by atoms with Crippen molar-refractivity contribution in [1.82, 2.24) is 5.54 Å². The van der Waals surface area contributed by atoms with E-state index in [0.717, 1.165) is 0 Å². The third-order valence-electron chi connectivity index (χ3n) is 0.513. The maximum Gasteiger partial charge on any atom is 0.284 e. The third kappa shape index (κ3) is 1.81. The van der Waals surface area contributed by atoms with E-state index in [9.17, 15) is 18.1 Å². The molecule has 1 amide bonds. The van der Waals surface area contributed by atoms with E-state index in [1.54, 1.807) is 0 Å². The van der Waals surface area contributed by atoms with Crippen molar-refractivity contribution in [3.05, 3.63) is 0 Å². The quantitative estimate of drug-likeness (QED) is 0.531. The molecule has 5 heteroatoms. The van der Waals surface area contributed by atoms with Crippen molar-refractivity contribution in [2.75, 3.05) is 6.67 Å². The molecule has 0 aliphatic heterocycles. The van der Waals surface area contributed by atoms with Gasteiger partial charge in [-0.2, -0.15) is 5.54 Å². The standard InChI is InChI=1S/C3H4F3NO/c4-1-2(5)3(8)7-6/h2H,1H2,(H,7,8). The number of carbonyl (C=O) groups is 1. The normalized spacial score (nSPS) is 12.9. The highest BCUT2D eigenvalue weighted by atomic mass is 19.2. The SMILES string of the molecule is O=C(NF)C(F)CF. The Labute approximate surface area is 43.6 Å². The number of alkyl halides is 2. The molecule has 8 heavy (non-hydrogen) atoms. The van der Waals surface area contributed by atoms with E-state index in [1.807, 2.05) is 0 Å². The summed E-state index contributed by atoms with van der Waals surface area (Å²) in [6, 6.07) is 0. The van der Waals surface area contributed by atoms with Crippen LogP contribution in [0.5, 0.6) is 0 Å². The zero-order valence-corrected chi connectivity index (χ0v) is 3.83. The smallest absolute Gasteiger partial charge is 0.269 e. The van der Waals surface area contributed by atoms with Crippen LogP contribution in [0.25, 0.3) is 0 Å². The summed E-state index contributed by atoms with van der Waals surface area (Å²) < 4.78 is 33.3. The van der Waals surface area contributed by atoms with Gasteiger partial charge in [0.2, 0.25) is 6.17 Å². The Morgan fingerprint density at radius 3 is 2.38 bits per heavy atom. The number of amides is 1. The topological polar surface area (TPSA) is 29.1 Å². The van der Waals surface area contributed by atoms with E-state index >= 15 is 0 Å². The molecule has 0 heterocycles. The fourth-order valence-corrected chi connectivity index (χ4v) is 0.129. The molecule has 1 N–H and O–H groups in total. The lowest BCUT2D eigenvalue weighted by Gasteiger charge is -1.95. The highest BCUT2D eigenvalue weighted by Gasteiger charge is 2.15. The Hall–Kier alpha value is -0.740. The van der Waals surface area contributed by atoms with Gasteiger partial charge in [0.1, 0.15) is 6.67 Å². The summed E-state index contributed by atoms with van der Waals surface area (Å²) in [6.07, 6.45) is -2.38. The molecule has 1 unspecified atom stereocenters. The van der Waals surface area contributed by atoms with Crippen LogP contribution in [-0.2, 0) is 4.79 Å². The molecule has 0 aromatic rings. The fourth-order valence-electron chi connectivity index (χ4n) is 0.129. The predicted octanol–water partition coefficient (Wildman–Crippen LogP) is 0.295. The summed E-state index contributed by atoms with van der Waals surface area (Å²) in [6.45, 7) is -1.49. The number of halogens is 3. The molecule has 0 fully saturated rings. The van der Waals surface area contributed by atoms with Gasteiger partial charge in [0.25, 0.3) is 5.91 Å². The number of rotatable bonds is 2. The van der Waals surface area contributed by atoms with E-state index in [1.165, 1.54) is 0 Å². The molecule has 0 saturated heterocycles. The van der Waals surface area contributed by atoms with Crippen molar-refractivity contribution >= 4 is 5.91 Å². The molecule has 0 spiro atoms. The second-order valence-electron chi connectivity index (χ2n) is 1.08. The first-order valence-corrected chi connectivity index (χ1v) is 1.83. The molecule has 0 aromatic carbocycles. The van der Waals surface area contributed by atoms with Gasteiger partial charge in [0.15, 0.2) is 0 Å². The van der Waals surface area contributed by atoms with Gasteiger partial charge in [-0.25, -0.2) is 8.78 Å². The van der Waals surface area contributed by atoms with Crippen LogP contribution in [0.4, 0.5) is 13.3 Å². The molecular weight excluding hydrogens is 123 g/mol. The molecule has 0 aliphatic carbocycles. The average Bonchev–Trinajstić information content (AvgIpc) is 1.84. The average molecular weight is 127 g/mol. The molecular formula is C3H4F3NO. The van der Waals surface area contributed by atoms with Gasteiger partial charge in [0.05, 0.1) is 0 Å². The lowest BCUT2D eigenvalue weighted by Crippen LogP contribution is -2.27. The minimum Gasteiger partial charge on any atom is -0.269 e. The monoisotopic (exact) mass is 127 g/mol. The van der Waals surface area contributed by atoms with Crippen LogP contribution >= 0.6 is 0 Å². The third-order valence-corrected chi connectivity index (χ3v) is 0.513. The molecule has 0 radical (unpaired) electrons. The Kier molecular flexibility index (Phi) is 2.98. The predicted molar refractivity (Wildman–Crippen MR) is 20.1 cm³/mol. The Bertz CT molecular complexity index is 86.6. The number of hydrogen-bond acceptors (Lipinski definition) is 1. The Morgan fingerprint density at radius 1 is 1.75 bits per heavy atom. The zero-order chi connectivity index (χ0) is 6.57. The molecule has 1 atom stereocenters. The summed E-state index contributed by atoms with van der Waals surface area (Å²) in [5, 5.41) is 0. The summed E-state index contributed by atoms with van der Waals surface area (Å²) in [5.41, 5.74) is 0.462. The van der Waals surface area contributed by atoms with Gasteiger partial charge in [-0.15, -0.1) is 4.48 Å². The zero-order valence-electron chi connectivity index (χ0n) is 3.83. The first kappa shape index (κ1) is 7.26. The van der Waals surface area contributed by atoms with Crippen molar-refractivity contribution in [3.8, 4) is 0 Å². The van der Waals surface area contributed by atoms with Gasteiger partial charge in [-0.05, 0) is 0 Å². The fraction of sp³-hybridized carbons (Fsp3) is 0.667. The summed E-state index contributed by atoms with van der Waals surface area (Å²) in [5.74, 6) is -1.58. The van der Waals surface area contributed by atoms with Crippen molar-refractivity contribution < 1.29 is 18.1 Å². The largest absolute Gasteiger partial charge is 0.284 e. The summed E-state index contributed by atoms with van der Waals surface area (Å²) in [4.78, 5) is 9.64. The second kappa shape index (κ2) is 3.29. The van der Waals surface area contributed by atoms with Crippen LogP contribution in [0.15, 0.2) is 0 Å². The van der Waals surface area contributed by atoms with E-state index in [4.69, 9.17) is 0 Å². The molecule has 2 nitrogen and oxygen atoms in total. The maximum absolute atomic E-state index is 11.5. The highest BCUT2D eigenvalue weighted by molar-refractivity contribution is 5.79. The number of nitrogens with one attached hydrogen (secondary N) is 1. The summed E-state index contributed by atoms with van der Waals surface area (Å²) in [7, 11) is 0. The lowest BCUT2D eigenvalue weighted by atomic mass is 10.4. The van der Waals surface area contributed by atoms with Crippen LogP contribution in [0.2, 0.25) is 0 Å². The summed E-state index contributed by atoms with van der Waals surface area (Å²) >= 11 is 0. The van der Waals surface area contributed by atoms with Crippen molar-refractivity contribution in [1.29, 1.82) is 0 Å². The van der Waals surface area contributed by atoms with E-state index in [2.05, 4.69) is 0 Å². The van der Waals surface area contributed by atoms with Crippen LogP contribution in [0.1, 0.15) is 0 Å². The number of carbonyl (C=O) groups excluding carboxylic acids is 1. The minimum absolute atomic E-state index is 0.462. The first-order chi connectivity index (χ1) is 3.72. The number of hydrogen-bond donors (Lipinski definition) is 1. The van der Waals surface area contributed by atoms with Crippen LogP contribution in [0, 0.1) is 0 Å². The molecule has 0 saturated carbocycles. The van der Waals surface area contributed by atoms with Gasteiger partial charge < -0.3 is 0 Å². The highest BCUT2D eigenvalue weighted by Crippen LogP contribution is 1.90. The molecule has 0 bridgehead atoms. The Balaban J connectivity index is 3.46. The minimum atomic E-state index is -2.38. The first-order valence-electron chi connectivity index (χ1n) is 1.83. The van der Waals surface area contributed by atoms with E-state index < -0.39 is 18.8 Å². The molecule has 0 rings (SSSR count). The van der Waals surface area contributed by atoms with Crippen LogP contribution in [0.3, 0.4) is 0 Å². The molecule has 0 aliphatic rings. The van der Waals surface area contributed by atoms with E-state index in [0.29, 0.717) is 5.54 Å². The van der Waals surface area contributed by atoms with Crippen molar-refractivity contribution in [3.63, 3.8) is 0 Å². The van der Waals surface area contributed by atoms with Crippen LogP contribution in [-0.4, -0.2) is 18.8 Å². The van der Waals surface area contributed by atoms with Crippen molar-refractivity contribution in [2.45, 2.75) is 6.17 Å². The van der Waals surface area contributed by atoms with Crippen molar-refractivity contribution in [2.24, 2.45) is 0 Å². The van der Waals surface area contributed by atoms with Gasteiger partial charge in [-0.3, -0.25) is 4.79 Å². The van der Waals surface area contributed by atoms with Crippen LogP contribution < -0.4 is 5.54 Å². The van der Waals surface area contributed by atoms with Gasteiger partial charge in [-0.1, -0.05) is 0 Å². The second-order valence-corrected chi connectivity index (χ2v) is 1.08. The molecule has 48 valence electrons. The van der Waals surface area contributed by atoms with Gasteiger partial charge >= 0.3 is 0 Å². The van der Waals surface area contributed by atoms with Gasteiger partial charge in [0, 0.05) is 0 Å². The van der Waals surface area contributed by atoms with E-state index in [-0.39, 0.29) is 0 Å². The molecule has 0 aromatic heterocycles. The lowest BCUT2D eigenvalue weighted by molar-refractivity contribution is -0.130.